The minimum Gasteiger partial charge on any atom is -0.478 e. The van der Waals surface area contributed by atoms with Gasteiger partial charge in [-0.3, -0.25) is 0 Å². The van der Waals surface area contributed by atoms with Crippen molar-refractivity contribution in [1.82, 2.24) is 0 Å². The summed E-state index contributed by atoms with van der Waals surface area (Å²) in [6.45, 7) is 1.82. The molecule has 0 spiro atoms. The Morgan fingerprint density at radius 2 is 1.89 bits per heavy atom. The van der Waals surface area contributed by atoms with Crippen LogP contribution in [-0.2, 0) is 0 Å². The fraction of sp³-hybridized carbons (Fsp3) is 0.0714. The summed E-state index contributed by atoms with van der Waals surface area (Å²) in [5.41, 5.74) is 1.45. The van der Waals surface area contributed by atoms with E-state index in [1.165, 1.54) is 18.2 Å². The van der Waals surface area contributed by atoms with Gasteiger partial charge in [0.1, 0.15) is 5.82 Å². The van der Waals surface area contributed by atoms with Crippen LogP contribution in [0.15, 0.2) is 36.4 Å². The third-order valence-electron chi connectivity index (χ3n) is 2.62. The number of carboxylic acid groups (broad SMARTS) is 1. The Morgan fingerprint density at radius 3 is 2.56 bits per heavy atom. The van der Waals surface area contributed by atoms with Crippen molar-refractivity contribution in [2.45, 2.75) is 6.92 Å². The molecule has 2 aromatic rings. The van der Waals surface area contributed by atoms with Gasteiger partial charge in [-0.1, -0.05) is 29.3 Å². The van der Waals surface area contributed by atoms with Crippen molar-refractivity contribution in [2.24, 2.45) is 0 Å². The lowest BCUT2D eigenvalue weighted by molar-refractivity contribution is 0.0697. The van der Waals surface area contributed by atoms with Crippen LogP contribution in [0, 0.1) is 12.7 Å². The van der Waals surface area contributed by atoms with E-state index in [9.17, 15) is 9.18 Å². The summed E-state index contributed by atoms with van der Waals surface area (Å²) in [6.07, 6.45) is 0. The first-order valence-electron chi connectivity index (χ1n) is 5.28. The number of hydrogen-bond donors (Lipinski definition) is 1. The topological polar surface area (TPSA) is 37.3 Å². The number of aromatic carboxylic acids is 1. The fourth-order valence-corrected chi connectivity index (χ4v) is 1.95. The summed E-state index contributed by atoms with van der Waals surface area (Å²) in [5, 5.41) is 9.44. The SMILES string of the molecule is Cc1ccc(F)c(-c2ccc(Cl)cc2C(=O)O)c1. The van der Waals surface area contributed by atoms with Crippen LogP contribution in [0.5, 0.6) is 0 Å². The molecule has 18 heavy (non-hydrogen) atoms. The highest BCUT2D eigenvalue weighted by Gasteiger charge is 2.15. The monoisotopic (exact) mass is 264 g/mol. The van der Waals surface area contributed by atoms with Crippen LogP contribution >= 0.6 is 11.6 Å². The van der Waals surface area contributed by atoms with Gasteiger partial charge in [0.15, 0.2) is 0 Å². The predicted octanol–water partition coefficient (Wildman–Crippen LogP) is 4.15. The molecule has 0 aliphatic carbocycles. The first-order chi connectivity index (χ1) is 8.49. The minimum absolute atomic E-state index is 0.00741. The Bertz CT molecular complexity index is 623. The van der Waals surface area contributed by atoms with Gasteiger partial charge in [-0.15, -0.1) is 0 Å². The van der Waals surface area contributed by atoms with Crippen molar-refractivity contribution in [3.8, 4) is 11.1 Å². The smallest absolute Gasteiger partial charge is 0.336 e. The molecule has 0 unspecified atom stereocenters. The van der Waals surface area contributed by atoms with Gasteiger partial charge in [-0.2, -0.15) is 0 Å². The molecule has 0 aliphatic heterocycles. The molecule has 0 saturated carbocycles. The molecular formula is C14H10ClFO2. The Hall–Kier alpha value is -1.87. The summed E-state index contributed by atoms with van der Waals surface area (Å²) >= 11 is 5.76. The van der Waals surface area contributed by atoms with Gasteiger partial charge >= 0.3 is 5.97 Å². The van der Waals surface area contributed by atoms with E-state index >= 15 is 0 Å². The van der Waals surface area contributed by atoms with E-state index in [4.69, 9.17) is 16.7 Å². The van der Waals surface area contributed by atoms with Crippen LogP contribution in [0.2, 0.25) is 5.02 Å². The largest absolute Gasteiger partial charge is 0.478 e. The molecule has 0 bridgehead atoms. The van der Waals surface area contributed by atoms with Gasteiger partial charge in [0.05, 0.1) is 5.56 Å². The highest BCUT2D eigenvalue weighted by Crippen LogP contribution is 2.29. The Balaban J connectivity index is 2.70. The molecule has 0 aliphatic rings. The van der Waals surface area contributed by atoms with Crippen LogP contribution in [0.25, 0.3) is 11.1 Å². The normalized spacial score (nSPS) is 10.4. The minimum atomic E-state index is -1.13. The summed E-state index contributed by atoms with van der Waals surface area (Å²) in [4.78, 5) is 11.2. The second kappa shape index (κ2) is 4.78. The molecule has 0 heterocycles. The molecule has 0 saturated heterocycles. The van der Waals surface area contributed by atoms with Crippen molar-refractivity contribution in [1.29, 1.82) is 0 Å². The van der Waals surface area contributed by atoms with Gasteiger partial charge < -0.3 is 5.11 Å². The van der Waals surface area contributed by atoms with Crippen LogP contribution in [0.1, 0.15) is 15.9 Å². The maximum Gasteiger partial charge on any atom is 0.336 e. The molecule has 0 radical (unpaired) electrons. The second-order valence-electron chi connectivity index (χ2n) is 3.98. The van der Waals surface area contributed by atoms with E-state index in [0.717, 1.165) is 5.56 Å². The number of carboxylic acids is 1. The van der Waals surface area contributed by atoms with Gasteiger partial charge in [-0.25, -0.2) is 9.18 Å². The Morgan fingerprint density at radius 1 is 1.17 bits per heavy atom. The zero-order chi connectivity index (χ0) is 13.3. The van der Waals surface area contributed by atoms with Crippen molar-refractivity contribution >= 4 is 17.6 Å². The third kappa shape index (κ3) is 2.36. The quantitative estimate of drug-likeness (QED) is 0.885. The van der Waals surface area contributed by atoms with Crippen LogP contribution in [-0.4, -0.2) is 11.1 Å². The lowest BCUT2D eigenvalue weighted by atomic mass is 9.98. The number of rotatable bonds is 2. The van der Waals surface area contributed by atoms with E-state index in [1.807, 2.05) is 6.92 Å². The molecule has 0 fully saturated rings. The molecule has 2 aromatic carbocycles. The number of halogens is 2. The maximum absolute atomic E-state index is 13.8. The van der Waals surface area contributed by atoms with E-state index < -0.39 is 11.8 Å². The highest BCUT2D eigenvalue weighted by molar-refractivity contribution is 6.31. The molecule has 92 valence electrons. The molecule has 4 heteroatoms. The third-order valence-corrected chi connectivity index (χ3v) is 2.86. The number of carbonyl (C=O) groups is 1. The van der Waals surface area contributed by atoms with Crippen molar-refractivity contribution in [3.63, 3.8) is 0 Å². The lowest BCUT2D eigenvalue weighted by Gasteiger charge is -2.09. The van der Waals surface area contributed by atoms with E-state index in [0.29, 0.717) is 10.6 Å². The van der Waals surface area contributed by atoms with Crippen LogP contribution in [0.3, 0.4) is 0 Å². The second-order valence-corrected chi connectivity index (χ2v) is 4.41. The van der Waals surface area contributed by atoms with Crippen LogP contribution < -0.4 is 0 Å². The van der Waals surface area contributed by atoms with E-state index in [-0.39, 0.29) is 11.1 Å². The molecule has 0 atom stereocenters. The average Bonchev–Trinajstić information content (AvgIpc) is 2.32. The van der Waals surface area contributed by atoms with Gasteiger partial charge in [0, 0.05) is 10.6 Å². The zero-order valence-electron chi connectivity index (χ0n) is 9.58. The molecule has 2 rings (SSSR count). The average molecular weight is 265 g/mol. The zero-order valence-corrected chi connectivity index (χ0v) is 10.3. The van der Waals surface area contributed by atoms with Gasteiger partial charge in [-0.05, 0) is 36.8 Å². The number of aryl methyl sites for hydroxylation is 1. The molecule has 1 N–H and O–H groups in total. The van der Waals surface area contributed by atoms with Crippen LogP contribution in [0.4, 0.5) is 4.39 Å². The lowest BCUT2D eigenvalue weighted by Crippen LogP contribution is -2.00. The van der Waals surface area contributed by atoms with E-state index in [1.54, 1.807) is 18.2 Å². The van der Waals surface area contributed by atoms with Gasteiger partial charge in [0.2, 0.25) is 0 Å². The summed E-state index contributed by atoms with van der Waals surface area (Å²) in [5.74, 6) is -1.58. The standard InChI is InChI=1S/C14H10ClFO2/c1-8-2-5-13(16)11(6-8)10-4-3-9(15)7-12(10)14(17)18/h2-7H,1H3,(H,17,18). The first-order valence-corrected chi connectivity index (χ1v) is 5.66. The molecule has 0 amide bonds. The van der Waals surface area contributed by atoms with Crippen molar-refractivity contribution in [2.75, 3.05) is 0 Å². The Kier molecular flexibility index (Phi) is 3.34. The van der Waals surface area contributed by atoms with Crippen molar-refractivity contribution in [3.05, 3.63) is 58.4 Å². The molecule has 0 aromatic heterocycles. The summed E-state index contributed by atoms with van der Waals surface area (Å²) in [7, 11) is 0. The first kappa shape index (κ1) is 12.6. The predicted molar refractivity (Wildman–Crippen MR) is 68.5 cm³/mol. The highest BCUT2D eigenvalue weighted by atomic mass is 35.5. The van der Waals surface area contributed by atoms with E-state index in [2.05, 4.69) is 0 Å². The molecule has 2 nitrogen and oxygen atoms in total. The summed E-state index contributed by atoms with van der Waals surface area (Å²) in [6, 6.07) is 8.96. The van der Waals surface area contributed by atoms with Crippen molar-refractivity contribution < 1.29 is 14.3 Å². The number of hydrogen-bond acceptors (Lipinski definition) is 1. The molecular weight excluding hydrogens is 255 g/mol. The fourth-order valence-electron chi connectivity index (χ4n) is 1.77. The maximum atomic E-state index is 13.8. The number of benzene rings is 2. The Labute approximate surface area is 109 Å². The summed E-state index contributed by atoms with van der Waals surface area (Å²) < 4.78 is 13.8. The van der Waals surface area contributed by atoms with Gasteiger partial charge in [0.25, 0.3) is 0 Å².